The first-order chi connectivity index (χ1) is 18.0. The zero-order valence-corrected chi connectivity index (χ0v) is 21.0. The van der Waals surface area contributed by atoms with Gasteiger partial charge in [0.2, 0.25) is 19.7 Å². The summed E-state index contributed by atoms with van der Waals surface area (Å²) in [5.74, 6) is -1.63. The van der Waals surface area contributed by atoms with Crippen LogP contribution in [-0.2, 0) is 24.5 Å². The lowest BCUT2D eigenvalue weighted by Crippen LogP contribution is -2.33. The van der Waals surface area contributed by atoms with Gasteiger partial charge < -0.3 is 24.8 Å². The van der Waals surface area contributed by atoms with Crippen LogP contribution in [0.5, 0.6) is 23.0 Å². The van der Waals surface area contributed by atoms with E-state index in [4.69, 9.17) is 9.47 Å². The van der Waals surface area contributed by atoms with E-state index in [0.29, 0.717) is 0 Å². The Balaban J connectivity index is 1.48. The molecule has 0 aromatic heterocycles. The van der Waals surface area contributed by atoms with E-state index in [0.717, 1.165) is 0 Å². The maximum atomic E-state index is 12.7. The van der Waals surface area contributed by atoms with Crippen LogP contribution < -0.4 is 9.47 Å². The van der Waals surface area contributed by atoms with Gasteiger partial charge in [0, 0.05) is 0 Å². The minimum absolute atomic E-state index is 0.00795. The average Bonchev–Trinajstić information content (AvgIpc) is 2.89. The zero-order chi connectivity index (χ0) is 27.5. The van der Waals surface area contributed by atoms with E-state index in [2.05, 4.69) is 0 Å². The van der Waals surface area contributed by atoms with E-state index in [1.54, 1.807) is 0 Å². The molecule has 4 aromatic carbocycles. The zero-order valence-electron chi connectivity index (χ0n) is 19.3. The molecule has 0 saturated carbocycles. The number of carbonyl (C=O) groups is 1. The maximum absolute atomic E-state index is 12.7. The minimum atomic E-state index is -3.88. The van der Waals surface area contributed by atoms with Crippen molar-refractivity contribution in [3.8, 4) is 23.0 Å². The second-order valence-electron chi connectivity index (χ2n) is 7.84. The van der Waals surface area contributed by atoms with Crippen molar-refractivity contribution in [3.63, 3.8) is 0 Å². The van der Waals surface area contributed by atoms with Crippen molar-refractivity contribution in [2.75, 3.05) is 0 Å². The Morgan fingerprint density at radius 3 is 1.05 bits per heavy atom. The maximum Gasteiger partial charge on any atom is 0.387 e. The van der Waals surface area contributed by atoms with Gasteiger partial charge in [-0.15, -0.1) is 0 Å². The standard InChI is InChI=1S/C26H20O10S2/c27-17-1-9-21(10-2-17)37(31,32)23-13-5-19(6-14-23)35-26(25(29)30)36-20-7-15-24(16-8-20)38(33,34)22-11-3-18(28)4-12-22/h1-16,26-28H,(H,29,30). The van der Waals surface area contributed by atoms with E-state index >= 15 is 0 Å². The van der Waals surface area contributed by atoms with Crippen molar-refractivity contribution >= 4 is 25.6 Å². The minimum Gasteiger partial charge on any atom is -0.508 e. The third kappa shape index (κ3) is 5.71. The molecule has 0 aliphatic heterocycles. The summed E-state index contributed by atoms with van der Waals surface area (Å²) in [5, 5.41) is 28.2. The van der Waals surface area contributed by atoms with Gasteiger partial charge in [-0.1, -0.05) is 0 Å². The highest BCUT2D eigenvalue weighted by Gasteiger charge is 2.24. The molecule has 12 heteroatoms. The fourth-order valence-electron chi connectivity index (χ4n) is 3.29. The molecule has 0 fully saturated rings. The third-order valence-electron chi connectivity index (χ3n) is 5.25. The van der Waals surface area contributed by atoms with Crippen molar-refractivity contribution in [3.05, 3.63) is 97.1 Å². The summed E-state index contributed by atoms with van der Waals surface area (Å²) in [5.41, 5.74) is 0. The first-order valence-corrected chi connectivity index (χ1v) is 13.8. The summed E-state index contributed by atoms with van der Waals surface area (Å²) >= 11 is 0. The van der Waals surface area contributed by atoms with Gasteiger partial charge in [-0.25, -0.2) is 21.6 Å². The van der Waals surface area contributed by atoms with Crippen LogP contribution in [0.3, 0.4) is 0 Å². The molecule has 0 bridgehead atoms. The molecule has 196 valence electrons. The molecule has 3 N–H and O–H groups in total. The number of aliphatic carboxylic acids is 1. The molecule has 0 heterocycles. The number of aromatic hydroxyl groups is 2. The second kappa shape index (κ2) is 10.4. The predicted octanol–water partition coefficient (Wildman–Crippen LogP) is 3.63. The van der Waals surface area contributed by atoms with Crippen LogP contribution in [0.15, 0.2) is 117 Å². The molecule has 0 atom stereocenters. The number of sulfone groups is 2. The lowest BCUT2D eigenvalue weighted by molar-refractivity contribution is -0.158. The number of ether oxygens (including phenoxy) is 2. The normalized spacial score (nSPS) is 11.7. The summed E-state index contributed by atoms with van der Waals surface area (Å²) in [7, 11) is -7.76. The topological polar surface area (TPSA) is 164 Å². The Morgan fingerprint density at radius 1 is 0.526 bits per heavy atom. The van der Waals surface area contributed by atoms with E-state index in [-0.39, 0.29) is 42.6 Å². The fourth-order valence-corrected chi connectivity index (χ4v) is 5.81. The van der Waals surface area contributed by atoms with E-state index in [9.17, 15) is 36.9 Å². The van der Waals surface area contributed by atoms with Crippen molar-refractivity contribution in [2.45, 2.75) is 25.9 Å². The number of carboxylic acids is 1. The number of phenols is 2. The quantitative estimate of drug-likeness (QED) is 0.259. The Bertz CT molecular complexity index is 1520. The lowest BCUT2D eigenvalue weighted by Gasteiger charge is -2.17. The molecule has 10 nitrogen and oxygen atoms in total. The smallest absolute Gasteiger partial charge is 0.387 e. The fraction of sp³-hybridized carbons (Fsp3) is 0.0385. The van der Waals surface area contributed by atoms with E-state index in [1.807, 2.05) is 0 Å². The first kappa shape index (κ1) is 26.5. The molecule has 0 saturated heterocycles. The first-order valence-electron chi connectivity index (χ1n) is 10.8. The number of hydrogen-bond acceptors (Lipinski definition) is 9. The van der Waals surface area contributed by atoms with Gasteiger partial charge in [0.05, 0.1) is 19.6 Å². The number of benzene rings is 4. The molecule has 0 amide bonds. The largest absolute Gasteiger partial charge is 0.508 e. The molecule has 0 spiro atoms. The lowest BCUT2D eigenvalue weighted by atomic mass is 10.3. The van der Waals surface area contributed by atoms with Crippen LogP contribution in [0, 0.1) is 0 Å². The molecule has 4 rings (SSSR count). The Morgan fingerprint density at radius 2 is 0.789 bits per heavy atom. The van der Waals surface area contributed by atoms with Crippen molar-refractivity contribution < 1.29 is 46.4 Å². The Kier molecular flexibility index (Phi) is 7.28. The van der Waals surface area contributed by atoms with Crippen LogP contribution in [0.1, 0.15) is 0 Å². The molecule has 4 aromatic rings. The van der Waals surface area contributed by atoms with Crippen LogP contribution in [0.25, 0.3) is 0 Å². The summed E-state index contributed by atoms with van der Waals surface area (Å²) in [6.45, 7) is 0. The highest BCUT2D eigenvalue weighted by atomic mass is 32.2. The van der Waals surface area contributed by atoms with Crippen molar-refractivity contribution in [1.82, 2.24) is 0 Å². The van der Waals surface area contributed by atoms with Crippen LogP contribution >= 0.6 is 0 Å². The predicted molar refractivity (Wildman–Crippen MR) is 133 cm³/mol. The number of rotatable bonds is 9. The molecular formula is C26H20O10S2. The molecular weight excluding hydrogens is 536 g/mol. The van der Waals surface area contributed by atoms with Gasteiger partial charge >= 0.3 is 12.3 Å². The SMILES string of the molecule is O=C(O)C(Oc1ccc(S(=O)(=O)c2ccc(O)cc2)cc1)Oc1ccc(S(=O)(=O)c2ccc(O)cc2)cc1. The van der Waals surface area contributed by atoms with Crippen LogP contribution in [0.4, 0.5) is 0 Å². The highest BCUT2D eigenvalue weighted by Crippen LogP contribution is 2.27. The Labute approximate surface area is 217 Å². The molecule has 0 radical (unpaired) electrons. The number of carboxylic acid groups (broad SMARTS) is 1. The Hall–Kier alpha value is -4.55. The van der Waals surface area contributed by atoms with E-state index < -0.39 is 31.9 Å². The van der Waals surface area contributed by atoms with Crippen molar-refractivity contribution in [2.24, 2.45) is 0 Å². The molecule has 0 unspecified atom stereocenters. The van der Waals surface area contributed by atoms with Gasteiger partial charge in [0.15, 0.2) is 0 Å². The summed E-state index contributed by atoms with van der Waals surface area (Å²) in [4.78, 5) is 11.5. The van der Waals surface area contributed by atoms with Gasteiger partial charge in [-0.3, -0.25) is 0 Å². The molecule has 0 aliphatic carbocycles. The third-order valence-corrected chi connectivity index (χ3v) is 8.82. The average molecular weight is 557 g/mol. The molecule has 38 heavy (non-hydrogen) atoms. The van der Waals surface area contributed by atoms with Crippen LogP contribution in [-0.4, -0.2) is 44.4 Å². The highest BCUT2D eigenvalue weighted by molar-refractivity contribution is 7.91. The summed E-state index contributed by atoms with van der Waals surface area (Å²) in [6, 6.07) is 20.0. The monoisotopic (exact) mass is 556 g/mol. The van der Waals surface area contributed by atoms with Gasteiger partial charge in [-0.05, 0) is 97.1 Å². The van der Waals surface area contributed by atoms with Gasteiger partial charge in [-0.2, -0.15) is 0 Å². The second-order valence-corrected chi connectivity index (χ2v) is 11.7. The number of hydrogen-bond donors (Lipinski definition) is 3. The van der Waals surface area contributed by atoms with Gasteiger partial charge in [0.25, 0.3) is 0 Å². The summed E-state index contributed by atoms with van der Waals surface area (Å²) < 4.78 is 61.7. The molecule has 0 aliphatic rings. The van der Waals surface area contributed by atoms with E-state index in [1.165, 1.54) is 97.1 Å². The van der Waals surface area contributed by atoms with Crippen molar-refractivity contribution in [1.29, 1.82) is 0 Å². The van der Waals surface area contributed by atoms with Crippen LogP contribution in [0.2, 0.25) is 0 Å². The van der Waals surface area contributed by atoms with Gasteiger partial charge in [0.1, 0.15) is 23.0 Å². The summed E-state index contributed by atoms with van der Waals surface area (Å²) in [6.07, 6.45) is -1.82. The number of phenolic OH excluding ortho intramolecular Hbond substituents is 2.